The first-order valence-corrected chi connectivity index (χ1v) is 6.65. The second kappa shape index (κ2) is 6.01. The Hall–Kier alpha value is -1.63. The normalized spacial score (nSPS) is 10.3. The first-order valence-electron chi connectivity index (χ1n) is 5.45. The van der Waals surface area contributed by atoms with Crippen LogP contribution in [0, 0.1) is 6.92 Å². The molecule has 0 radical (unpaired) electrons. The number of nitrogens with one attached hydrogen (secondary N) is 1. The standard InChI is InChI=1S/C12H12ClN3O2S/c1-7-11(12(17)16-14)19-10(15-7)6-18-9-4-2-8(13)3-5-9/h2-5H,6,14H2,1H3,(H,16,17). The van der Waals surface area contributed by atoms with Crippen molar-refractivity contribution in [2.24, 2.45) is 5.84 Å². The van der Waals surface area contributed by atoms with Gasteiger partial charge in [0.1, 0.15) is 22.2 Å². The second-order valence-corrected chi connectivity index (χ2v) is 5.26. The van der Waals surface area contributed by atoms with Crippen LogP contribution in [0.3, 0.4) is 0 Å². The van der Waals surface area contributed by atoms with Gasteiger partial charge in [-0.25, -0.2) is 10.8 Å². The summed E-state index contributed by atoms with van der Waals surface area (Å²) >= 11 is 7.04. The molecule has 0 spiro atoms. The van der Waals surface area contributed by atoms with Crippen molar-refractivity contribution < 1.29 is 9.53 Å². The molecule has 0 aliphatic rings. The molecule has 1 aromatic carbocycles. The maximum atomic E-state index is 11.4. The fourth-order valence-electron chi connectivity index (χ4n) is 1.47. The Morgan fingerprint density at radius 1 is 1.47 bits per heavy atom. The monoisotopic (exact) mass is 297 g/mol. The Balaban J connectivity index is 2.04. The number of hydrogen-bond donors (Lipinski definition) is 2. The Kier molecular flexibility index (Phi) is 4.36. The highest BCUT2D eigenvalue weighted by atomic mass is 35.5. The lowest BCUT2D eigenvalue weighted by Gasteiger charge is -2.03. The molecule has 19 heavy (non-hydrogen) atoms. The smallest absolute Gasteiger partial charge is 0.277 e. The highest BCUT2D eigenvalue weighted by molar-refractivity contribution is 7.13. The largest absolute Gasteiger partial charge is 0.486 e. The van der Waals surface area contributed by atoms with E-state index in [1.54, 1.807) is 31.2 Å². The van der Waals surface area contributed by atoms with E-state index in [-0.39, 0.29) is 5.91 Å². The molecule has 100 valence electrons. The molecule has 7 heteroatoms. The lowest BCUT2D eigenvalue weighted by atomic mass is 10.3. The number of thiazole rings is 1. The van der Waals surface area contributed by atoms with Gasteiger partial charge in [0.2, 0.25) is 0 Å². The first-order chi connectivity index (χ1) is 9.10. The lowest BCUT2D eigenvalue weighted by Crippen LogP contribution is -2.29. The number of nitrogens with zero attached hydrogens (tertiary/aromatic N) is 1. The van der Waals surface area contributed by atoms with Gasteiger partial charge in [0.05, 0.1) is 5.69 Å². The van der Waals surface area contributed by atoms with Crippen molar-refractivity contribution in [1.29, 1.82) is 0 Å². The number of carbonyl (C=O) groups is 1. The van der Waals surface area contributed by atoms with Crippen LogP contribution < -0.4 is 16.0 Å². The van der Waals surface area contributed by atoms with Crippen molar-refractivity contribution in [1.82, 2.24) is 10.4 Å². The summed E-state index contributed by atoms with van der Waals surface area (Å²) < 4.78 is 5.56. The van der Waals surface area contributed by atoms with E-state index in [1.807, 2.05) is 0 Å². The zero-order valence-corrected chi connectivity index (χ0v) is 11.7. The lowest BCUT2D eigenvalue weighted by molar-refractivity contribution is 0.0957. The van der Waals surface area contributed by atoms with Crippen molar-refractivity contribution in [2.75, 3.05) is 0 Å². The summed E-state index contributed by atoms with van der Waals surface area (Å²) in [5.74, 6) is 5.45. The number of nitrogen functional groups attached to an aromatic ring is 1. The number of halogens is 1. The average Bonchev–Trinajstić information content (AvgIpc) is 2.78. The number of ether oxygens (including phenoxy) is 1. The minimum absolute atomic E-state index is 0.297. The zero-order chi connectivity index (χ0) is 13.8. The van der Waals surface area contributed by atoms with Crippen molar-refractivity contribution in [3.8, 4) is 5.75 Å². The third-order valence-electron chi connectivity index (χ3n) is 2.35. The van der Waals surface area contributed by atoms with Crippen molar-refractivity contribution >= 4 is 28.8 Å². The molecule has 0 atom stereocenters. The molecular weight excluding hydrogens is 286 g/mol. The van der Waals surface area contributed by atoms with E-state index in [1.165, 1.54) is 11.3 Å². The molecule has 1 amide bonds. The Labute approximate surface area is 119 Å². The minimum Gasteiger partial charge on any atom is -0.486 e. The van der Waals surface area contributed by atoms with Gasteiger partial charge in [0.15, 0.2) is 0 Å². The number of nitrogens with two attached hydrogens (primary N) is 1. The van der Waals surface area contributed by atoms with Crippen LogP contribution in [0.2, 0.25) is 5.02 Å². The summed E-state index contributed by atoms with van der Waals surface area (Å²) in [4.78, 5) is 16.2. The fourth-order valence-corrected chi connectivity index (χ4v) is 2.47. The molecule has 3 N–H and O–H groups in total. The third kappa shape index (κ3) is 3.44. The molecule has 2 rings (SSSR count). The highest BCUT2D eigenvalue weighted by Gasteiger charge is 2.14. The van der Waals surface area contributed by atoms with Crippen LogP contribution in [0.4, 0.5) is 0 Å². The molecule has 0 aliphatic carbocycles. The molecular formula is C12H12ClN3O2S. The topological polar surface area (TPSA) is 77.2 Å². The van der Waals surface area contributed by atoms with E-state index >= 15 is 0 Å². The van der Waals surface area contributed by atoms with Crippen molar-refractivity contribution in [2.45, 2.75) is 13.5 Å². The van der Waals surface area contributed by atoms with Gasteiger partial charge < -0.3 is 4.74 Å². The van der Waals surface area contributed by atoms with E-state index < -0.39 is 0 Å². The number of rotatable bonds is 4. The number of hydrogen-bond acceptors (Lipinski definition) is 5. The van der Waals surface area contributed by atoms with Crippen LogP contribution in [-0.2, 0) is 6.61 Å². The van der Waals surface area contributed by atoms with Gasteiger partial charge in [-0.2, -0.15) is 0 Å². The number of aromatic nitrogens is 1. The summed E-state index contributed by atoms with van der Waals surface area (Å²) in [6.45, 7) is 2.05. The number of carbonyl (C=O) groups excluding carboxylic acids is 1. The Morgan fingerprint density at radius 3 is 2.79 bits per heavy atom. The Morgan fingerprint density at radius 2 is 2.16 bits per heavy atom. The van der Waals surface area contributed by atoms with Crippen molar-refractivity contribution in [3.05, 3.63) is 44.9 Å². The molecule has 2 aromatic rings. The second-order valence-electron chi connectivity index (χ2n) is 3.74. The number of amides is 1. The molecule has 1 heterocycles. The number of aryl methyl sites for hydroxylation is 1. The molecule has 0 unspecified atom stereocenters. The summed E-state index contributed by atoms with van der Waals surface area (Å²) in [6.07, 6.45) is 0. The number of benzene rings is 1. The van der Waals surface area contributed by atoms with Crippen LogP contribution in [0.5, 0.6) is 5.75 Å². The van der Waals surface area contributed by atoms with Crippen LogP contribution in [0.1, 0.15) is 20.4 Å². The average molecular weight is 298 g/mol. The van der Waals surface area contributed by atoms with Crippen LogP contribution in [0.15, 0.2) is 24.3 Å². The summed E-state index contributed by atoms with van der Waals surface area (Å²) in [7, 11) is 0. The van der Waals surface area contributed by atoms with E-state index in [9.17, 15) is 4.79 Å². The molecule has 1 aromatic heterocycles. The fraction of sp³-hybridized carbons (Fsp3) is 0.167. The van der Waals surface area contributed by atoms with Gasteiger partial charge in [-0.3, -0.25) is 10.2 Å². The summed E-state index contributed by atoms with van der Waals surface area (Å²) in [5, 5.41) is 1.37. The van der Waals surface area contributed by atoms with Crippen LogP contribution in [-0.4, -0.2) is 10.9 Å². The van der Waals surface area contributed by atoms with Gasteiger partial charge in [-0.15, -0.1) is 11.3 Å². The van der Waals surface area contributed by atoms with Crippen LogP contribution >= 0.6 is 22.9 Å². The minimum atomic E-state index is -0.340. The highest BCUT2D eigenvalue weighted by Crippen LogP contribution is 2.21. The van der Waals surface area contributed by atoms with E-state index in [0.717, 1.165) is 0 Å². The van der Waals surface area contributed by atoms with E-state index in [2.05, 4.69) is 10.4 Å². The Bertz CT molecular complexity index is 583. The van der Waals surface area contributed by atoms with Gasteiger partial charge >= 0.3 is 0 Å². The molecule has 5 nitrogen and oxygen atoms in total. The first kappa shape index (κ1) is 13.8. The quantitative estimate of drug-likeness (QED) is 0.516. The van der Waals surface area contributed by atoms with E-state index in [0.29, 0.717) is 33.0 Å². The predicted octanol–water partition coefficient (Wildman–Crippen LogP) is 2.29. The maximum Gasteiger partial charge on any atom is 0.277 e. The third-order valence-corrected chi connectivity index (χ3v) is 3.74. The van der Waals surface area contributed by atoms with Crippen molar-refractivity contribution in [3.63, 3.8) is 0 Å². The molecule has 0 saturated heterocycles. The zero-order valence-electron chi connectivity index (χ0n) is 10.1. The van der Waals surface area contributed by atoms with E-state index in [4.69, 9.17) is 22.2 Å². The molecule has 0 bridgehead atoms. The number of hydrazine groups is 1. The van der Waals surface area contributed by atoms with Gasteiger partial charge in [0.25, 0.3) is 5.91 Å². The molecule has 0 saturated carbocycles. The van der Waals surface area contributed by atoms with Crippen LogP contribution in [0.25, 0.3) is 0 Å². The molecule has 0 fully saturated rings. The van der Waals surface area contributed by atoms with Gasteiger partial charge in [-0.1, -0.05) is 11.6 Å². The summed E-state index contributed by atoms with van der Waals surface area (Å²) in [6, 6.07) is 7.04. The maximum absolute atomic E-state index is 11.4. The van der Waals surface area contributed by atoms with Gasteiger partial charge in [0, 0.05) is 5.02 Å². The molecule has 0 aliphatic heterocycles. The summed E-state index contributed by atoms with van der Waals surface area (Å²) in [5.41, 5.74) is 2.73. The SMILES string of the molecule is Cc1nc(COc2ccc(Cl)cc2)sc1C(=O)NN. The van der Waals surface area contributed by atoms with Gasteiger partial charge in [-0.05, 0) is 31.2 Å². The predicted molar refractivity (Wildman–Crippen MR) is 74.3 cm³/mol.